The minimum Gasteiger partial charge on any atom is -0.390 e. The van der Waals surface area contributed by atoms with Crippen molar-refractivity contribution in [2.45, 2.75) is 24.9 Å². The summed E-state index contributed by atoms with van der Waals surface area (Å²) < 4.78 is 11.3. The molecule has 2 rings (SSSR count). The number of aliphatic hydroxyl groups excluding tert-OH is 1. The smallest absolute Gasteiger partial charge is 0.351 e. The largest absolute Gasteiger partial charge is 0.390 e. The Balaban J connectivity index is 2.06. The van der Waals surface area contributed by atoms with Crippen molar-refractivity contribution in [2.75, 3.05) is 12.3 Å². The van der Waals surface area contributed by atoms with E-state index in [-0.39, 0.29) is 18.8 Å². The van der Waals surface area contributed by atoms with Crippen molar-refractivity contribution in [3.05, 3.63) is 22.7 Å². The van der Waals surface area contributed by atoms with Gasteiger partial charge in [-0.1, -0.05) is 0 Å². The number of rotatable bonds is 4. The molecule has 0 unspecified atom stereocenters. The molecule has 0 saturated carbocycles. The van der Waals surface area contributed by atoms with Crippen molar-refractivity contribution in [3.8, 4) is 0 Å². The maximum absolute atomic E-state index is 11.6. The van der Waals surface area contributed by atoms with Crippen LogP contribution >= 0.6 is 6.72 Å². The monoisotopic (exact) mass is 323 g/mol. The minimum absolute atomic E-state index is 0.0888. The molecule has 9 nitrogen and oxygen atoms in total. The highest BCUT2D eigenvalue weighted by Gasteiger charge is 2.36. The summed E-state index contributed by atoms with van der Waals surface area (Å²) >= 11 is 4.30. The molecular weight excluding hydrogens is 309 g/mol. The first-order valence-corrected chi connectivity index (χ1v) is 8.27. The number of nitrogens with zero attached hydrogens (tertiary/aromatic N) is 2. The highest BCUT2D eigenvalue weighted by atomic mass is 32.5. The molecule has 0 radical (unpaired) electrons. The van der Waals surface area contributed by atoms with E-state index in [1.807, 2.05) is 0 Å². The number of ether oxygens (including phenoxy) is 1. The molecule has 112 valence electrons. The van der Waals surface area contributed by atoms with Crippen LogP contribution in [0.4, 0.5) is 5.82 Å². The number of nitrogen functional groups attached to an aromatic ring is 1. The van der Waals surface area contributed by atoms with Crippen LogP contribution in [0.25, 0.3) is 0 Å². The van der Waals surface area contributed by atoms with E-state index in [9.17, 15) is 9.90 Å². The quantitative estimate of drug-likeness (QED) is 0.498. The molecule has 0 amide bonds. The average Bonchev–Trinajstić information content (AvgIpc) is 2.67. The molecule has 5 N–H and O–H groups in total. The Kier molecular flexibility index (Phi) is 4.55. The van der Waals surface area contributed by atoms with E-state index in [4.69, 9.17) is 20.3 Å². The fourth-order valence-electron chi connectivity index (χ4n) is 1.85. The molecule has 0 spiro atoms. The summed E-state index contributed by atoms with van der Waals surface area (Å²) in [5.74, 6) is 0.0888. The molecule has 0 aromatic carbocycles. The summed E-state index contributed by atoms with van der Waals surface area (Å²) in [6, 6.07) is 1.43. The van der Waals surface area contributed by atoms with Gasteiger partial charge in [0.2, 0.25) is 0 Å². The summed E-state index contributed by atoms with van der Waals surface area (Å²) in [7, 11) is 0. The predicted octanol–water partition coefficient (Wildman–Crippen LogP) is -1.30. The number of nitrogens with two attached hydrogens (primary N) is 1. The first kappa shape index (κ1) is 15.5. The Labute approximate surface area is 118 Å². The van der Waals surface area contributed by atoms with E-state index in [2.05, 4.69) is 21.3 Å². The molecule has 3 atom stereocenters. The normalized spacial score (nSPS) is 26.9. The van der Waals surface area contributed by atoms with Gasteiger partial charge in [-0.05, 0) is 17.9 Å². The van der Waals surface area contributed by atoms with Crippen LogP contribution in [-0.2, 0) is 21.1 Å². The fourth-order valence-corrected chi connectivity index (χ4v) is 2.38. The average molecular weight is 323 g/mol. The van der Waals surface area contributed by atoms with Crippen molar-refractivity contribution < 1.29 is 24.2 Å². The number of aliphatic hydroxyl groups is 1. The summed E-state index contributed by atoms with van der Waals surface area (Å²) in [6.07, 6.45) is -0.918. The van der Waals surface area contributed by atoms with Crippen molar-refractivity contribution in [1.82, 2.24) is 9.55 Å². The zero-order valence-corrected chi connectivity index (χ0v) is 11.9. The Morgan fingerprint density at radius 3 is 2.95 bits per heavy atom. The predicted molar refractivity (Wildman–Crippen MR) is 72.1 cm³/mol. The first-order chi connectivity index (χ1) is 9.26. The molecule has 1 aromatic rings. The van der Waals surface area contributed by atoms with Gasteiger partial charge in [0.25, 0.3) is 0 Å². The van der Waals surface area contributed by atoms with Gasteiger partial charge in [-0.3, -0.25) is 4.57 Å². The highest BCUT2D eigenvalue weighted by Crippen LogP contribution is 2.38. The molecule has 0 bridgehead atoms. The molecule has 1 aliphatic heterocycles. The third-order valence-electron chi connectivity index (χ3n) is 2.77. The van der Waals surface area contributed by atoms with Crippen LogP contribution in [0.3, 0.4) is 0 Å². The van der Waals surface area contributed by atoms with Crippen LogP contribution in [0, 0.1) is 0 Å². The maximum atomic E-state index is 11.6. The zero-order chi connectivity index (χ0) is 14.9. The summed E-state index contributed by atoms with van der Waals surface area (Å²) in [5.41, 5.74) is 4.78. The number of anilines is 1. The summed E-state index contributed by atoms with van der Waals surface area (Å²) in [4.78, 5) is 33.1. The SMILES string of the molecule is Nc1ccn([C@H]2C[C@H](O)[C@@H](COP(O)(O)=S)O2)c(=O)n1. The standard InChI is InChI=1S/C9H14N3O6PS/c10-7-1-2-12(9(14)11-7)8-3-5(13)6(18-8)4-17-19(15,16)20/h1-2,5-6,8,13H,3-4H2,(H2,10,11,14)(H2,15,16,20)/t5-,6+,8+/m0/s1. The Bertz CT molecular complexity index is 589. The molecular formula is C9H14N3O6PS. The molecule has 0 aliphatic carbocycles. The lowest BCUT2D eigenvalue weighted by Gasteiger charge is -2.17. The topological polar surface area (TPSA) is 140 Å². The first-order valence-electron chi connectivity index (χ1n) is 5.64. The van der Waals surface area contributed by atoms with E-state index < -0.39 is 30.8 Å². The van der Waals surface area contributed by atoms with Crippen LogP contribution in [-0.4, -0.2) is 43.3 Å². The van der Waals surface area contributed by atoms with Crippen LogP contribution in [0.5, 0.6) is 0 Å². The third-order valence-corrected chi connectivity index (χ3v) is 3.57. The third kappa shape index (κ3) is 3.83. The second kappa shape index (κ2) is 5.86. The van der Waals surface area contributed by atoms with Crippen molar-refractivity contribution in [1.29, 1.82) is 0 Å². The van der Waals surface area contributed by atoms with Gasteiger partial charge in [-0.15, -0.1) is 0 Å². The Hall–Kier alpha value is -0.870. The van der Waals surface area contributed by atoms with E-state index >= 15 is 0 Å². The Morgan fingerprint density at radius 2 is 2.35 bits per heavy atom. The minimum atomic E-state index is -3.81. The van der Waals surface area contributed by atoms with Gasteiger partial charge in [0, 0.05) is 12.6 Å². The lowest BCUT2D eigenvalue weighted by molar-refractivity contribution is -0.0426. The molecule has 1 fully saturated rings. The maximum Gasteiger partial charge on any atom is 0.351 e. The lowest BCUT2D eigenvalue weighted by Crippen LogP contribution is -2.28. The van der Waals surface area contributed by atoms with Gasteiger partial charge in [-0.25, -0.2) is 4.79 Å². The van der Waals surface area contributed by atoms with Gasteiger partial charge in [0.1, 0.15) is 18.1 Å². The Morgan fingerprint density at radius 1 is 1.65 bits per heavy atom. The van der Waals surface area contributed by atoms with Crippen LogP contribution in [0.1, 0.15) is 12.6 Å². The van der Waals surface area contributed by atoms with Gasteiger partial charge in [0.05, 0.1) is 12.7 Å². The summed E-state index contributed by atoms with van der Waals surface area (Å²) in [5, 5.41) is 9.81. The van der Waals surface area contributed by atoms with Crippen molar-refractivity contribution in [2.24, 2.45) is 0 Å². The number of hydrogen-bond acceptors (Lipinski definition) is 7. The van der Waals surface area contributed by atoms with Crippen LogP contribution < -0.4 is 11.4 Å². The van der Waals surface area contributed by atoms with E-state index in [1.165, 1.54) is 16.8 Å². The molecule has 20 heavy (non-hydrogen) atoms. The lowest BCUT2D eigenvalue weighted by atomic mass is 10.2. The van der Waals surface area contributed by atoms with Gasteiger partial charge in [-0.2, -0.15) is 4.98 Å². The zero-order valence-electron chi connectivity index (χ0n) is 10.2. The van der Waals surface area contributed by atoms with E-state index in [0.29, 0.717) is 0 Å². The number of hydrogen-bond donors (Lipinski definition) is 4. The number of aromatic nitrogens is 2. The van der Waals surface area contributed by atoms with Crippen LogP contribution in [0.2, 0.25) is 0 Å². The van der Waals surface area contributed by atoms with Gasteiger partial charge in [0.15, 0.2) is 0 Å². The van der Waals surface area contributed by atoms with E-state index in [1.54, 1.807) is 0 Å². The fraction of sp³-hybridized carbons (Fsp3) is 0.556. The summed E-state index contributed by atoms with van der Waals surface area (Å²) in [6.45, 7) is -4.09. The molecule has 11 heteroatoms. The molecule has 2 heterocycles. The molecule has 1 aromatic heterocycles. The van der Waals surface area contributed by atoms with E-state index in [0.717, 1.165) is 0 Å². The van der Waals surface area contributed by atoms with Crippen molar-refractivity contribution in [3.63, 3.8) is 0 Å². The molecule has 1 aliphatic rings. The van der Waals surface area contributed by atoms with Gasteiger partial charge < -0.3 is 29.9 Å². The van der Waals surface area contributed by atoms with Crippen LogP contribution in [0.15, 0.2) is 17.1 Å². The second-order valence-electron chi connectivity index (χ2n) is 4.26. The highest BCUT2D eigenvalue weighted by molar-refractivity contribution is 8.06. The molecule has 1 saturated heterocycles. The van der Waals surface area contributed by atoms with Crippen molar-refractivity contribution >= 4 is 24.3 Å². The van der Waals surface area contributed by atoms with Gasteiger partial charge >= 0.3 is 12.4 Å². The second-order valence-corrected chi connectivity index (χ2v) is 6.93.